The van der Waals surface area contributed by atoms with Crippen LogP contribution >= 0.6 is 0 Å². The molecule has 0 saturated heterocycles. The van der Waals surface area contributed by atoms with Gasteiger partial charge in [0.2, 0.25) is 0 Å². The molecule has 142 valence electrons. The Morgan fingerprint density at radius 3 is 1.59 bits per heavy atom. The van der Waals surface area contributed by atoms with Gasteiger partial charge in [-0.2, -0.15) is 0 Å². The van der Waals surface area contributed by atoms with Crippen LogP contribution in [0, 0.1) is 20.8 Å². The van der Waals surface area contributed by atoms with Gasteiger partial charge in [-0.1, -0.05) is 108 Å². The Kier molecular flexibility index (Phi) is 5.44. The third-order valence-corrected chi connectivity index (χ3v) is 5.24. The minimum absolute atomic E-state index is 1.21. The second-order valence-electron chi connectivity index (χ2n) is 7.82. The zero-order valence-electron chi connectivity index (χ0n) is 17.3. The number of hydrogen-bond acceptors (Lipinski definition) is 0. The summed E-state index contributed by atoms with van der Waals surface area (Å²) in [5.74, 6) is 0. The Bertz CT molecular complexity index is 1190. The van der Waals surface area contributed by atoms with E-state index in [0.29, 0.717) is 0 Å². The van der Waals surface area contributed by atoms with Crippen LogP contribution in [0.25, 0.3) is 35.1 Å². The summed E-state index contributed by atoms with van der Waals surface area (Å²) in [6.07, 6.45) is 8.81. The predicted molar refractivity (Wildman–Crippen MR) is 129 cm³/mol. The second kappa shape index (κ2) is 8.32. The highest BCUT2D eigenvalue weighted by Crippen LogP contribution is 2.26. The molecule has 4 rings (SSSR count). The lowest BCUT2D eigenvalue weighted by Crippen LogP contribution is -1.84. The first kappa shape index (κ1) is 19.0. The molecule has 0 aliphatic rings. The number of aryl methyl sites for hydroxylation is 3. The summed E-state index contributed by atoms with van der Waals surface area (Å²) in [4.78, 5) is 0. The zero-order chi connectivity index (χ0) is 20.2. The molecule has 4 aromatic rings. The molecule has 0 aliphatic heterocycles. The van der Waals surface area contributed by atoms with E-state index in [1.165, 1.54) is 49.7 Å². The van der Waals surface area contributed by atoms with Crippen LogP contribution in [0.2, 0.25) is 0 Å². The molecule has 0 fully saturated rings. The first-order valence-electron chi connectivity index (χ1n) is 10.1. The molecule has 0 radical (unpaired) electrons. The Morgan fingerprint density at radius 2 is 0.966 bits per heavy atom. The van der Waals surface area contributed by atoms with E-state index in [1.54, 1.807) is 0 Å². The van der Waals surface area contributed by atoms with Gasteiger partial charge in [0.05, 0.1) is 0 Å². The molecular formula is C29H26. The van der Waals surface area contributed by atoms with Gasteiger partial charge in [-0.15, -0.1) is 0 Å². The molecule has 0 unspecified atom stereocenters. The second-order valence-corrected chi connectivity index (χ2v) is 7.82. The predicted octanol–water partition coefficient (Wildman–Crippen LogP) is 8.11. The molecular weight excluding hydrogens is 348 g/mol. The third-order valence-electron chi connectivity index (χ3n) is 5.24. The Labute approximate surface area is 173 Å². The van der Waals surface area contributed by atoms with Crippen molar-refractivity contribution >= 4 is 35.1 Å². The molecule has 0 bridgehead atoms. The van der Waals surface area contributed by atoms with E-state index in [0.717, 1.165) is 0 Å². The van der Waals surface area contributed by atoms with Crippen molar-refractivity contribution in [3.8, 4) is 0 Å². The fourth-order valence-corrected chi connectivity index (χ4v) is 3.49. The van der Waals surface area contributed by atoms with Gasteiger partial charge >= 0.3 is 0 Å². The molecule has 0 atom stereocenters. The first-order valence-corrected chi connectivity index (χ1v) is 10.1. The molecule has 0 heterocycles. The molecule has 29 heavy (non-hydrogen) atoms. The number of hydrogen-bond donors (Lipinski definition) is 0. The summed E-state index contributed by atoms with van der Waals surface area (Å²) in [6.45, 7) is 6.39. The summed E-state index contributed by atoms with van der Waals surface area (Å²) >= 11 is 0. The van der Waals surface area contributed by atoms with Crippen molar-refractivity contribution in [1.29, 1.82) is 0 Å². The van der Waals surface area contributed by atoms with Gasteiger partial charge in [-0.25, -0.2) is 0 Å². The molecule has 0 N–H and O–H groups in total. The summed E-state index contributed by atoms with van der Waals surface area (Å²) in [5.41, 5.74) is 8.75. The van der Waals surface area contributed by atoms with Crippen molar-refractivity contribution in [2.75, 3.05) is 0 Å². The molecule has 0 saturated carbocycles. The molecule has 0 amide bonds. The fourth-order valence-electron chi connectivity index (χ4n) is 3.49. The topological polar surface area (TPSA) is 0 Å². The Balaban J connectivity index is 1.73. The lowest BCUT2D eigenvalue weighted by atomic mass is 9.97. The Morgan fingerprint density at radius 1 is 0.448 bits per heavy atom. The average Bonchev–Trinajstić information content (AvgIpc) is 2.73. The SMILES string of the molecule is Cc1ccc(/C=C\c2cc(/C=C\c3ccc(C)cc3)c3cc(C)ccc3c2)cc1. The lowest BCUT2D eigenvalue weighted by Gasteiger charge is -2.07. The Hall–Kier alpha value is -3.38. The highest BCUT2D eigenvalue weighted by Gasteiger charge is 2.02. The van der Waals surface area contributed by atoms with Crippen LogP contribution in [0.1, 0.15) is 38.9 Å². The molecule has 0 aliphatic carbocycles. The summed E-state index contributed by atoms with van der Waals surface area (Å²) < 4.78 is 0. The number of benzene rings is 4. The monoisotopic (exact) mass is 374 g/mol. The quantitative estimate of drug-likeness (QED) is 0.316. The normalized spacial score (nSPS) is 11.7. The van der Waals surface area contributed by atoms with E-state index >= 15 is 0 Å². The maximum absolute atomic E-state index is 2.28. The lowest BCUT2D eigenvalue weighted by molar-refractivity contribution is 1.46. The molecule has 0 aromatic heterocycles. The fraction of sp³-hybridized carbons (Fsp3) is 0.103. The molecule has 4 aromatic carbocycles. The highest BCUT2D eigenvalue weighted by molar-refractivity contribution is 5.95. The zero-order valence-corrected chi connectivity index (χ0v) is 17.3. The smallest absolute Gasteiger partial charge is 0.0108 e. The van der Waals surface area contributed by atoms with E-state index in [4.69, 9.17) is 0 Å². The van der Waals surface area contributed by atoms with Crippen molar-refractivity contribution in [2.24, 2.45) is 0 Å². The maximum atomic E-state index is 2.28. The van der Waals surface area contributed by atoms with Crippen LogP contribution in [0.15, 0.2) is 78.9 Å². The minimum atomic E-state index is 1.21. The van der Waals surface area contributed by atoms with E-state index < -0.39 is 0 Å². The van der Waals surface area contributed by atoms with E-state index in [2.05, 4.69) is 124 Å². The largest absolute Gasteiger partial charge is 0.0587 e. The maximum Gasteiger partial charge on any atom is -0.0108 e. The van der Waals surface area contributed by atoms with E-state index in [1.807, 2.05) is 0 Å². The van der Waals surface area contributed by atoms with Crippen LogP contribution in [0.3, 0.4) is 0 Å². The van der Waals surface area contributed by atoms with Gasteiger partial charge in [0.1, 0.15) is 0 Å². The minimum Gasteiger partial charge on any atom is -0.0587 e. The van der Waals surface area contributed by atoms with Crippen molar-refractivity contribution in [3.63, 3.8) is 0 Å². The van der Waals surface area contributed by atoms with Gasteiger partial charge in [-0.3, -0.25) is 0 Å². The van der Waals surface area contributed by atoms with Gasteiger partial charge < -0.3 is 0 Å². The van der Waals surface area contributed by atoms with Gasteiger partial charge in [0.15, 0.2) is 0 Å². The average molecular weight is 375 g/mol. The van der Waals surface area contributed by atoms with Crippen molar-refractivity contribution in [2.45, 2.75) is 20.8 Å². The number of fused-ring (bicyclic) bond motifs is 1. The summed E-state index contributed by atoms with van der Waals surface area (Å²) in [6, 6.07) is 28.5. The summed E-state index contributed by atoms with van der Waals surface area (Å²) in [5, 5.41) is 2.56. The van der Waals surface area contributed by atoms with Gasteiger partial charge in [0, 0.05) is 0 Å². The summed E-state index contributed by atoms with van der Waals surface area (Å²) in [7, 11) is 0. The molecule has 0 spiro atoms. The van der Waals surface area contributed by atoms with Crippen LogP contribution in [0.5, 0.6) is 0 Å². The van der Waals surface area contributed by atoms with Gasteiger partial charge in [-0.05, 0) is 65.9 Å². The number of rotatable bonds is 4. The standard InChI is InChI=1S/C29H26/c1-21-4-9-24(10-5-21)13-14-26-19-27-16-8-23(3)18-29(27)28(20-26)17-15-25-11-6-22(2)7-12-25/h4-20H,1-3H3/b14-13-,17-15-. The van der Waals surface area contributed by atoms with Crippen molar-refractivity contribution in [3.05, 3.63) is 118 Å². The van der Waals surface area contributed by atoms with Crippen molar-refractivity contribution < 1.29 is 0 Å². The van der Waals surface area contributed by atoms with Crippen LogP contribution in [-0.4, -0.2) is 0 Å². The molecule has 0 nitrogen and oxygen atoms in total. The van der Waals surface area contributed by atoms with E-state index in [9.17, 15) is 0 Å². The van der Waals surface area contributed by atoms with Crippen LogP contribution in [-0.2, 0) is 0 Å². The van der Waals surface area contributed by atoms with Crippen LogP contribution < -0.4 is 0 Å². The third kappa shape index (κ3) is 4.73. The van der Waals surface area contributed by atoms with E-state index in [-0.39, 0.29) is 0 Å². The highest BCUT2D eigenvalue weighted by atomic mass is 14.1. The van der Waals surface area contributed by atoms with Gasteiger partial charge in [0.25, 0.3) is 0 Å². The van der Waals surface area contributed by atoms with Crippen LogP contribution in [0.4, 0.5) is 0 Å². The van der Waals surface area contributed by atoms with Crippen molar-refractivity contribution in [1.82, 2.24) is 0 Å². The molecule has 0 heteroatoms. The first-order chi connectivity index (χ1) is 14.1.